The van der Waals surface area contributed by atoms with Gasteiger partial charge in [0.2, 0.25) is 0 Å². The topological polar surface area (TPSA) is 97.3 Å². The summed E-state index contributed by atoms with van der Waals surface area (Å²) in [7, 11) is -2.98. The molecule has 3 aromatic carbocycles. The second kappa shape index (κ2) is 13.3. The lowest BCUT2D eigenvalue weighted by atomic mass is 10.1. The summed E-state index contributed by atoms with van der Waals surface area (Å²) in [6.45, 7) is 12.0. The van der Waals surface area contributed by atoms with Crippen molar-refractivity contribution in [1.82, 2.24) is 10.2 Å². The summed E-state index contributed by atoms with van der Waals surface area (Å²) in [5.41, 5.74) is 0.0949. The molecule has 0 radical (unpaired) electrons. The van der Waals surface area contributed by atoms with Gasteiger partial charge in [0, 0.05) is 0 Å². The second-order valence-electron chi connectivity index (χ2n) is 13.0. The molecule has 0 spiro atoms. The van der Waals surface area contributed by atoms with E-state index in [1.54, 1.807) is 20.8 Å². The van der Waals surface area contributed by atoms with E-state index in [1.807, 2.05) is 66.7 Å². The van der Waals surface area contributed by atoms with Crippen molar-refractivity contribution in [1.29, 1.82) is 0 Å². The van der Waals surface area contributed by atoms with E-state index in [0.29, 0.717) is 0 Å². The molecule has 230 valence electrons. The second-order valence-corrected chi connectivity index (χ2v) is 17.3. The lowest BCUT2D eigenvalue weighted by Gasteiger charge is -2.44. The molecule has 2 N–H and O–H groups in total. The Morgan fingerprint density at radius 3 is 1.86 bits per heavy atom. The molecule has 4 rings (SSSR count). The SMILES string of the molecule is CC(C)(C)OC(=O)N1CC(O)C(NC(=O)OCc2ccccc2)C1CO[Si](c1ccccc1)(c1ccccc1)C(C)(C)C. The number of amides is 2. The summed E-state index contributed by atoms with van der Waals surface area (Å²) < 4.78 is 18.3. The van der Waals surface area contributed by atoms with Gasteiger partial charge in [-0.1, -0.05) is 112 Å². The predicted octanol–water partition coefficient (Wildman–Crippen LogP) is 4.84. The van der Waals surface area contributed by atoms with Crippen LogP contribution >= 0.6 is 0 Å². The van der Waals surface area contributed by atoms with Gasteiger partial charge in [-0.3, -0.25) is 4.90 Å². The van der Waals surface area contributed by atoms with E-state index in [9.17, 15) is 14.7 Å². The Morgan fingerprint density at radius 1 is 0.860 bits per heavy atom. The molecule has 1 fully saturated rings. The van der Waals surface area contributed by atoms with E-state index in [-0.39, 0.29) is 24.8 Å². The molecule has 0 aliphatic carbocycles. The van der Waals surface area contributed by atoms with E-state index in [2.05, 4.69) is 50.4 Å². The first-order valence-electron chi connectivity index (χ1n) is 14.7. The van der Waals surface area contributed by atoms with Crippen molar-refractivity contribution >= 4 is 30.9 Å². The van der Waals surface area contributed by atoms with E-state index < -0.39 is 44.3 Å². The van der Waals surface area contributed by atoms with Crippen molar-refractivity contribution in [3.63, 3.8) is 0 Å². The van der Waals surface area contributed by atoms with E-state index in [0.717, 1.165) is 15.9 Å². The predicted molar refractivity (Wildman–Crippen MR) is 170 cm³/mol. The van der Waals surface area contributed by atoms with Gasteiger partial charge in [-0.2, -0.15) is 0 Å². The van der Waals surface area contributed by atoms with Crippen LogP contribution in [0, 0.1) is 0 Å². The number of rotatable bonds is 8. The quantitative estimate of drug-likeness (QED) is 0.358. The van der Waals surface area contributed by atoms with Crippen LogP contribution in [0.1, 0.15) is 47.1 Å². The van der Waals surface area contributed by atoms with E-state index >= 15 is 0 Å². The number of benzene rings is 3. The highest BCUT2D eigenvalue weighted by molar-refractivity contribution is 6.99. The number of nitrogens with zero attached hydrogens (tertiary/aromatic N) is 1. The van der Waals surface area contributed by atoms with E-state index in [1.165, 1.54) is 4.90 Å². The number of hydrogen-bond donors (Lipinski definition) is 2. The zero-order chi connectivity index (χ0) is 31.3. The van der Waals surface area contributed by atoms with Crippen LogP contribution < -0.4 is 15.7 Å². The third-order valence-corrected chi connectivity index (χ3v) is 12.6. The maximum absolute atomic E-state index is 13.4. The van der Waals surface area contributed by atoms with Gasteiger partial charge >= 0.3 is 12.2 Å². The summed E-state index contributed by atoms with van der Waals surface area (Å²) in [6, 6.07) is 28.2. The van der Waals surface area contributed by atoms with Gasteiger partial charge < -0.3 is 24.3 Å². The Labute approximate surface area is 256 Å². The Morgan fingerprint density at radius 2 is 1.37 bits per heavy atom. The molecular formula is C34H44N2O6Si. The molecule has 3 atom stereocenters. The molecule has 1 aliphatic heterocycles. The number of carbonyl (C=O) groups excluding carboxylic acids is 2. The minimum Gasteiger partial charge on any atom is -0.445 e. The van der Waals surface area contributed by atoms with Crippen LogP contribution in [0.4, 0.5) is 9.59 Å². The molecular weight excluding hydrogens is 560 g/mol. The number of alkyl carbamates (subject to hydrolysis) is 1. The smallest absolute Gasteiger partial charge is 0.410 e. The van der Waals surface area contributed by atoms with Crippen molar-refractivity contribution in [3.05, 3.63) is 96.6 Å². The first-order valence-corrected chi connectivity index (χ1v) is 16.6. The fraction of sp³-hybridized carbons (Fsp3) is 0.412. The average molecular weight is 605 g/mol. The van der Waals surface area contributed by atoms with Crippen molar-refractivity contribution in [3.8, 4) is 0 Å². The molecule has 0 saturated carbocycles. The Bertz CT molecular complexity index is 1300. The first kappa shape index (κ1) is 32.3. The number of nitrogens with one attached hydrogen (secondary N) is 1. The van der Waals surface area contributed by atoms with Crippen LogP contribution in [0.15, 0.2) is 91.0 Å². The Hall–Kier alpha value is -3.66. The van der Waals surface area contributed by atoms with Crippen molar-refractivity contribution in [2.24, 2.45) is 0 Å². The third-order valence-electron chi connectivity index (χ3n) is 7.63. The number of hydrogen-bond acceptors (Lipinski definition) is 6. The monoisotopic (exact) mass is 604 g/mol. The highest BCUT2D eigenvalue weighted by Crippen LogP contribution is 2.37. The number of ether oxygens (including phenoxy) is 2. The van der Waals surface area contributed by atoms with Crippen LogP contribution in [0.2, 0.25) is 5.04 Å². The minimum absolute atomic E-state index is 0.0205. The molecule has 8 nitrogen and oxygen atoms in total. The number of aliphatic hydroxyl groups is 1. The molecule has 43 heavy (non-hydrogen) atoms. The third kappa shape index (κ3) is 7.65. The fourth-order valence-corrected chi connectivity index (χ4v) is 10.3. The van der Waals surface area contributed by atoms with Gasteiger partial charge in [0.1, 0.15) is 12.2 Å². The van der Waals surface area contributed by atoms with Gasteiger partial charge in [0.25, 0.3) is 8.32 Å². The Kier molecular flexibility index (Phi) is 9.99. The zero-order valence-electron chi connectivity index (χ0n) is 25.9. The molecule has 9 heteroatoms. The first-order chi connectivity index (χ1) is 20.3. The normalized spacial score (nSPS) is 19.1. The summed E-state index contributed by atoms with van der Waals surface area (Å²) in [5, 5.41) is 15.9. The van der Waals surface area contributed by atoms with E-state index in [4.69, 9.17) is 13.9 Å². The van der Waals surface area contributed by atoms with Gasteiger partial charge in [-0.05, 0) is 41.7 Å². The molecule has 0 aromatic heterocycles. The van der Waals surface area contributed by atoms with Crippen LogP contribution in [-0.2, 0) is 20.5 Å². The highest BCUT2D eigenvalue weighted by Gasteiger charge is 2.53. The summed E-state index contributed by atoms with van der Waals surface area (Å²) in [6.07, 6.45) is -2.32. The van der Waals surface area contributed by atoms with Gasteiger partial charge in [-0.25, -0.2) is 9.59 Å². The zero-order valence-corrected chi connectivity index (χ0v) is 26.9. The van der Waals surface area contributed by atoms with Crippen molar-refractivity contribution in [2.45, 2.75) is 77.0 Å². The van der Waals surface area contributed by atoms with Crippen LogP contribution in [0.3, 0.4) is 0 Å². The summed E-state index contributed by atoms with van der Waals surface area (Å²) in [4.78, 5) is 27.9. The maximum Gasteiger partial charge on any atom is 0.410 e. The summed E-state index contributed by atoms with van der Waals surface area (Å²) in [5.74, 6) is 0. The number of likely N-dealkylation sites (tertiary alicyclic amines) is 1. The molecule has 3 aromatic rings. The Balaban J connectivity index is 1.67. The van der Waals surface area contributed by atoms with Crippen molar-refractivity contribution in [2.75, 3.05) is 13.2 Å². The van der Waals surface area contributed by atoms with Crippen LogP contribution in [0.25, 0.3) is 0 Å². The molecule has 2 amide bonds. The number of β-amino-alcohol motifs (C(OH)–C–C–N with tert-alkyl or cyclic N) is 1. The molecule has 3 unspecified atom stereocenters. The van der Waals surface area contributed by atoms with Gasteiger partial charge in [-0.15, -0.1) is 0 Å². The van der Waals surface area contributed by atoms with Gasteiger partial charge in [0.15, 0.2) is 0 Å². The lowest BCUT2D eigenvalue weighted by Crippen LogP contribution is -2.68. The molecule has 1 heterocycles. The lowest BCUT2D eigenvalue weighted by molar-refractivity contribution is 0.0159. The number of aliphatic hydroxyl groups excluding tert-OH is 1. The number of carbonyl (C=O) groups is 2. The van der Waals surface area contributed by atoms with Crippen molar-refractivity contribution < 1.29 is 28.6 Å². The van der Waals surface area contributed by atoms with Crippen LogP contribution in [0.5, 0.6) is 0 Å². The molecule has 1 saturated heterocycles. The molecule has 0 bridgehead atoms. The summed E-state index contributed by atoms with van der Waals surface area (Å²) >= 11 is 0. The minimum atomic E-state index is -2.98. The van der Waals surface area contributed by atoms with Crippen LogP contribution in [-0.4, -0.2) is 67.5 Å². The maximum atomic E-state index is 13.4. The van der Waals surface area contributed by atoms with Gasteiger partial charge in [0.05, 0.1) is 31.3 Å². The fourth-order valence-electron chi connectivity index (χ4n) is 5.69. The molecule has 1 aliphatic rings. The highest BCUT2D eigenvalue weighted by atomic mass is 28.4. The largest absolute Gasteiger partial charge is 0.445 e. The average Bonchev–Trinajstić information content (AvgIpc) is 3.27. The standard InChI is InChI=1S/C34H44N2O6Si/c1-33(2,3)42-32(39)36-22-29(37)30(35-31(38)40-23-25-16-10-7-11-17-25)28(36)24-41-43(34(4,5)6,26-18-12-8-13-19-26)27-20-14-9-15-21-27/h7-21,28-30,37H,22-24H2,1-6H3,(H,35,38).